The molecule has 1 aromatic heterocycles. The molecule has 2 rings (SSSR count). The van der Waals surface area contributed by atoms with Crippen LogP contribution >= 0.6 is 27.5 Å². The van der Waals surface area contributed by atoms with Gasteiger partial charge < -0.3 is 9.84 Å². The van der Waals surface area contributed by atoms with E-state index in [0.717, 1.165) is 10.0 Å². The number of aliphatic hydroxyl groups excluding tert-OH is 1. The molecule has 0 radical (unpaired) electrons. The van der Waals surface area contributed by atoms with E-state index >= 15 is 0 Å². The highest BCUT2D eigenvalue weighted by atomic mass is 79.9. The SMILES string of the molecule is OCc1ccc(OCc2ccc(Br)cc2Cl)cn1. The molecule has 0 saturated heterocycles. The Morgan fingerprint density at radius 2 is 2.11 bits per heavy atom. The lowest BCUT2D eigenvalue weighted by atomic mass is 10.2. The van der Waals surface area contributed by atoms with Crippen LogP contribution in [0.5, 0.6) is 5.75 Å². The summed E-state index contributed by atoms with van der Waals surface area (Å²) in [7, 11) is 0. The maximum Gasteiger partial charge on any atom is 0.138 e. The number of aliphatic hydroxyl groups is 1. The van der Waals surface area contributed by atoms with Crippen molar-refractivity contribution in [1.82, 2.24) is 4.98 Å². The molecule has 94 valence electrons. The van der Waals surface area contributed by atoms with Crippen LogP contribution in [0.2, 0.25) is 5.02 Å². The Labute approximate surface area is 119 Å². The number of halogens is 2. The summed E-state index contributed by atoms with van der Waals surface area (Å²) in [5, 5.41) is 9.53. The average Bonchev–Trinajstić information content (AvgIpc) is 2.38. The Bertz CT molecular complexity index is 531. The highest BCUT2D eigenvalue weighted by molar-refractivity contribution is 9.10. The second-order valence-electron chi connectivity index (χ2n) is 3.67. The molecule has 0 aliphatic carbocycles. The summed E-state index contributed by atoms with van der Waals surface area (Å²) in [4.78, 5) is 4.03. The molecule has 0 spiro atoms. The lowest BCUT2D eigenvalue weighted by Crippen LogP contribution is -1.97. The van der Waals surface area contributed by atoms with Crippen LogP contribution in [0.25, 0.3) is 0 Å². The third-order valence-corrected chi connectivity index (χ3v) is 3.21. The lowest BCUT2D eigenvalue weighted by Gasteiger charge is -2.08. The zero-order valence-corrected chi connectivity index (χ0v) is 11.8. The van der Waals surface area contributed by atoms with Crippen molar-refractivity contribution in [2.45, 2.75) is 13.2 Å². The Balaban J connectivity index is 2.02. The van der Waals surface area contributed by atoms with Crippen LogP contribution in [0.4, 0.5) is 0 Å². The van der Waals surface area contributed by atoms with Gasteiger partial charge in [-0.25, -0.2) is 0 Å². The van der Waals surface area contributed by atoms with E-state index in [1.807, 2.05) is 18.2 Å². The quantitative estimate of drug-likeness (QED) is 0.933. The molecule has 0 aliphatic heterocycles. The largest absolute Gasteiger partial charge is 0.487 e. The summed E-state index contributed by atoms with van der Waals surface area (Å²) in [6.07, 6.45) is 1.58. The van der Waals surface area contributed by atoms with Crippen LogP contribution in [-0.4, -0.2) is 10.1 Å². The first-order chi connectivity index (χ1) is 8.69. The molecule has 1 aromatic carbocycles. The van der Waals surface area contributed by atoms with Crippen LogP contribution in [0.3, 0.4) is 0 Å². The average molecular weight is 329 g/mol. The van der Waals surface area contributed by atoms with E-state index in [0.29, 0.717) is 23.1 Å². The smallest absolute Gasteiger partial charge is 0.138 e. The zero-order chi connectivity index (χ0) is 13.0. The first-order valence-corrected chi connectivity index (χ1v) is 6.48. The number of rotatable bonds is 4. The highest BCUT2D eigenvalue weighted by Crippen LogP contribution is 2.22. The minimum Gasteiger partial charge on any atom is -0.487 e. The summed E-state index contributed by atoms with van der Waals surface area (Å²) >= 11 is 9.43. The standard InChI is InChI=1S/C13H11BrClNO2/c14-10-2-1-9(13(15)5-10)8-18-12-4-3-11(7-17)16-6-12/h1-6,17H,7-8H2. The van der Waals surface area contributed by atoms with Gasteiger partial charge in [-0.05, 0) is 24.3 Å². The Morgan fingerprint density at radius 1 is 1.28 bits per heavy atom. The van der Waals surface area contributed by atoms with E-state index in [4.69, 9.17) is 21.4 Å². The number of pyridine rings is 1. The zero-order valence-electron chi connectivity index (χ0n) is 9.44. The van der Waals surface area contributed by atoms with E-state index in [1.165, 1.54) is 0 Å². The van der Waals surface area contributed by atoms with Crippen molar-refractivity contribution < 1.29 is 9.84 Å². The monoisotopic (exact) mass is 327 g/mol. The van der Waals surface area contributed by atoms with E-state index in [9.17, 15) is 0 Å². The molecule has 0 fully saturated rings. The first kappa shape index (κ1) is 13.3. The summed E-state index contributed by atoms with van der Waals surface area (Å²) in [6.45, 7) is 0.311. The number of hydrogen-bond donors (Lipinski definition) is 1. The fourth-order valence-corrected chi connectivity index (χ4v) is 2.12. The topological polar surface area (TPSA) is 42.4 Å². The van der Waals surface area contributed by atoms with Gasteiger partial charge >= 0.3 is 0 Å². The van der Waals surface area contributed by atoms with E-state index in [-0.39, 0.29) is 6.61 Å². The van der Waals surface area contributed by atoms with Gasteiger partial charge in [0.15, 0.2) is 0 Å². The van der Waals surface area contributed by atoms with Crippen molar-refractivity contribution in [2.75, 3.05) is 0 Å². The number of ether oxygens (including phenoxy) is 1. The molecule has 5 heteroatoms. The molecule has 0 atom stereocenters. The number of benzene rings is 1. The number of aromatic nitrogens is 1. The van der Waals surface area contributed by atoms with Gasteiger partial charge in [0.25, 0.3) is 0 Å². The minimum absolute atomic E-state index is 0.0706. The van der Waals surface area contributed by atoms with Crippen LogP contribution in [0, 0.1) is 0 Å². The van der Waals surface area contributed by atoms with Gasteiger partial charge in [0.1, 0.15) is 12.4 Å². The van der Waals surface area contributed by atoms with Crippen LogP contribution < -0.4 is 4.74 Å². The molecule has 0 bridgehead atoms. The molecule has 0 saturated carbocycles. The second kappa shape index (κ2) is 6.18. The molecule has 0 aliphatic rings. The van der Waals surface area contributed by atoms with Gasteiger partial charge in [0.05, 0.1) is 18.5 Å². The Morgan fingerprint density at radius 3 is 2.72 bits per heavy atom. The van der Waals surface area contributed by atoms with Crippen LogP contribution in [0.1, 0.15) is 11.3 Å². The van der Waals surface area contributed by atoms with Gasteiger partial charge in [0, 0.05) is 15.1 Å². The summed E-state index contributed by atoms with van der Waals surface area (Å²) in [5.41, 5.74) is 1.52. The Hall–Kier alpha value is -1.10. The van der Waals surface area contributed by atoms with Gasteiger partial charge in [-0.3, -0.25) is 4.98 Å². The molecular weight excluding hydrogens is 318 g/mol. The molecule has 0 amide bonds. The van der Waals surface area contributed by atoms with Gasteiger partial charge in [0.2, 0.25) is 0 Å². The van der Waals surface area contributed by atoms with E-state index in [1.54, 1.807) is 18.3 Å². The predicted octanol–water partition coefficient (Wildman–Crippen LogP) is 3.57. The first-order valence-electron chi connectivity index (χ1n) is 5.31. The van der Waals surface area contributed by atoms with Crippen LogP contribution in [0.15, 0.2) is 41.0 Å². The van der Waals surface area contributed by atoms with Crippen molar-refractivity contribution >= 4 is 27.5 Å². The maximum absolute atomic E-state index is 8.87. The van der Waals surface area contributed by atoms with Crippen molar-refractivity contribution in [3.05, 3.63) is 57.3 Å². The number of hydrogen-bond acceptors (Lipinski definition) is 3. The molecule has 18 heavy (non-hydrogen) atoms. The molecule has 1 N–H and O–H groups in total. The third-order valence-electron chi connectivity index (χ3n) is 2.37. The Kier molecular flexibility index (Phi) is 4.58. The number of nitrogens with zero attached hydrogens (tertiary/aromatic N) is 1. The van der Waals surface area contributed by atoms with Crippen LogP contribution in [-0.2, 0) is 13.2 Å². The summed E-state index contributed by atoms with van der Waals surface area (Å²) < 4.78 is 6.50. The fraction of sp³-hybridized carbons (Fsp3) is 0.154. The van der Waals surface area contributed by atoms with Crippen molar-refractivity contribution in [1.29, 1.82) is 0 Å². The van der Waals surface area contributed by atoms with Crippen molar-refractivity contribution in [3.63, 3.8) is 0 Å². The van der Waals surface area contributed by atoms with Gasteiger partial charge in [-0.1, -0.05) is 33.6 Å². The molecule has 3 nitrogen and oxygen atoms in total. The lowest BCUT2D eigenvalue weighted by molar-refractivity contribution is 0.275. The van der Waals surface area contributed by atoms with Gasteiger partial charge in [-0.2, -0.15) is 0 Å². The van der Waals surface area contributed by atoms with Crippen molar-refractivity contribution in [3.8, 4) is 5.75 Å². The predicted molar refractivity (Wildman–Crippen MR) is 73.6 cm³/mol. The maximum atomic E-state index is 8.87. The second-order valence-corrected chi connectivity index (χ2v) is 4.99. The summed E-state index contributed by atoms with van der Waals surface area (Å²) in [6, 6.07) is 9.14. The molecule has 1 heterocycles. The third kappa shape index (κ3) is 3.45. The minimum atomic E-state index is -0.0706. The summed E-state index contributed by atoms with van der Waals surface area (Å²) in [5.74, 6) is 0.645. The van der Waals surface area contributed by atoms with Gasteiger partial charge in [-0.15, -0.1) is 0 Å². The normalized spacial score (nSPS) is 10.4. The molecule has 0 unspecified atom stereocenters. The molecular formula is C13H11BrClNO2. The highest BCUT2D eigenvalue weighted by Gasteiger charge is 2.02. The van der Waals surface area contributed by atoms with Crippen molar-refractivity contribution in [2.24, 2.45) is 0 Å². The van der Waals surface area contributed by atoms with E-state index in [2.05, 4.69) is 20.9 Å². The molecule has 2 aromatic rings. The fourth-order valence-electron chi connectivity index (χ4n) is 1.39. The van der Waals surface area contributed by atoms with E-state index < -0.39 is 0 Å².